The zero-order valence-corrected chi connectivity index (χ0v) is 15.7. The Bertz CT molecular complexity index is 727. The van der Waals surface area contributed by atoms with Crippen LogP contribution in [0.2, 0.25) is 0 Å². The molecular weight excluding hydrogens is 328 g/mol. The molecule has 140 valence electrons. The number of rotatable bonds is 5. The van der Waals surface area contributed by atoms with E-state index in [-0.39, 0.29) is 17.9 Å². The van der Waals surface area contributed by atoms with Gasteiger partial charge in [0.05, 0.1) is 0 Å². The van der Waals surface area contributed by atoms with Crippen LogP contribution in [-0.4, -0.2) is 50.1 Å². The highest BCUT2D eigenvalue weighted by atomic mass is 16.2. The Morgan fingerprint density at radius 3 is 2.62 bits per heavy atom. The molecule has 26 heavy (non-hydrogen) atoms. The van der Waals surface area contributed by atoms with Crippen LogP contribution in [0.4, 0.5) is 0 Å². The van der Waals surface area contributed by atoms with Gasteiger partial charge in [-0.3, -0.25) is 4.79 Å². The molecule has 7 heteroatoms. The SMILES string of the molecule is CC(C)C(C(=O)N1CCCC(C(C)N)C1)n1nnc(-c2ccccc2)n1. The number of nitrogens with two attached hydrogens (primary N) is 1. The Balaban J connectivity index is 1.81. The molecule has 1 saturated heterocycles. The van der Waals surface area contributed by atoms with Gasteiger partial charge >= 0.3 is 0 Å². The van der Waals surface area contributed by atoms with Crippen LogP contribution in [0.5, 0.6) is 0 Å². The number of likely N-dealkylation sites (tertiary alicyclic amines) is 1. The lowest BCUT2D eigenvalue weighted by Gasteiger charge is -2.36. The Morgan fingerprint density at radius 1 is 1.23 bits per heavy atom. The first-order valence-electron chi connectivity index (χ1n) is 9.36. The molecule has 3 rings (SSSR count). The van der Waals surface area contributed by atoms with Gasteiger partial charge in [0.2, 0.25) is 11.7 Å². The van der Waals surface area contributed by atoms with Gasteiger partial charge < -0.3 is 10.6 Å². The van der Waals surface area contributed by atoms with Crippen LogP contribution in [0.25, 0.3) is 11.4 Å². The molecule has 1 aliphatic heterocycles. The van der Waals surface area contributed by atoms with Crippen LogP contribution in [0.1, 0.15) is 39.7 Å². The molecule has 1 aliphatic rings. The first-order chi connectivity index (χ1) is 12.5. The van der Waals surface area contributed by atoms with Crippen LogP contribution in [0.15, 0.2) is 30.3 Å². The minimum Gasteiger partial charge on any atom is -0.340 e. The summed E-state index contributed by atoms with van der Waals surface area (Å²) in [5, 5.41) is 12.8. The molecule has 1 aromatic carbocycles. The molecule has 0 aliphatic carbocycles. The number of hydrogen-bond donors (Lipinski definition) is 1. The number of piperidine rings is 1. The van der Waals surface area contributed by atoms with Crippen LogP contribution in [0.3, 0.4) is 0 Å². The number of tetrazole rings is 1. The molecule has 0 spiro atoms. The second-order valence-corrected chi connectivity index (χ2v) is 7.53. The summed E-state index contributed by atoms with van der Waals surface area (Å²) in [7, 11) is 0. The summed E-state index contributed by atoms with van der Waals surface area (Å²) < 4.78 is 0. The normalized spacial score (nSPS) is 20.2. The van der Waals surface area contributed by atoms with Crippen molar-refractivity contribution in [1.29, 1.82) is 0 Å². The Morgan fingerprint density at radius 2 is 1.96 bits per heavy atom. The van der Waals surface area contributed by atoms with Crippen molar-refractivity contribution in [2.45, 2.75) is 45.7 Å². The average Bonchev–Trinajstić information content (AvgIpc) is 3.12. The van der Waals surface area contributed by atoms with E-state index in [9.17, 15) is 4.79 Å². The molecule has 1 amide bonds. The number of nitrogens with zero attached hydrogens (tertiary/aromatic N) is 5. The first-order valence-corrected chi connectivity index (χ1v) is 9.36. The zero-order valence-electron chi connectivity index (χ0n) is 15.7. The number of hydrogen-bond acceptors (Lipinski definition) is 5. The molecule has 0 bridgehead atoms. The number of amides is 1. The highest BCUT2D eigenvalue weighted by molar-refractivity contribution is 5.80. The fourth-order valence-corrected chi connectivity index (χ4v) is 3.52. The standard InChI is InChI=1S/C19H28N6O/c1-13(2)17(19(26)24-11-7-10-16(12-24)14(3)20)25-22-18(21-23-25)15-8-5-4-6-9-15/h4-6,8-9,13-14,16-17H,7,10-12,20H2,1-3H3. The minimum absolute atomic E-state index is 0.0577. The van der Waals surface area contributed by atoms with Crippen molar-refractivity contribution in [3.63, 3.8) is 0 Å². The molecule has 1 aromatic heterocycles. The summed E-state index contributed by atoms with van der Waals surface area (Å²) in [6, 6.07) is 9.33. The van der Waals surface area contributed by atoms with E-state index in [0.717, 1.165) is 24.9 Å². The molecular formula is C19H28N6O. The van der Waals surface area contributed by atoms with Gasteiger partial charge in [-0.15, -0.1) is 10.2 Å². The quantitative estimate of drug-likeness (QED) is 0.886. The van der Waals surface area contributed by atoms with E-state index in [1.54, 1.807) is 0 Å². The largest absolute Gasteiger partial charge is 0.340 e. The van der Waals surface area contributed by atoms with Gasteiger partial charge in [0.25, 0.3) is 0 Å². The summed E-state index contributed by atoms with van der Waals surface area (Å²) in [5.41, 5.74) is 6.96. The lowest BCUT2D eigenvalue weighted by atomic mass is 9.91. The topological polar surface area (TPSA) is 89.9 Å². The average molecular weight is 356 g/mol. The fraction of sp³-hybridized carbons (Fsp3) is 0.579. The number of benzene rings is 1. The van der Waals surface area contributed by atoms with Crippen molar-refractivity contribution < 1.29 is 4.79 Å². The molecule has 3 atom stereocenters. The Kier molecular flexibility index (Phi) is 5.66. The maximum atomic E-state index is 13.2. The summed E-state index contributed by atoms with van der Waals surface area (Å²) in [6.07, 6.45) is 2.07. The van der Waals surface area contributed by atoms with E-state index >= 15 is 0 Å². The van der Waals surface area contributed by atoms with Crippen molar-refractivity contribution in [3.05, 3.63) is 30.3 Å². The van der Waals surface area contributed by atoms with Crippen LogP contribution in [0, 0.1) is 11.8 Å². The lowest BCUT2D eigenvalue weighted by Crippen LogP contribution is -2.48. The third-order valence-electron chi connectivity index (χ3n) is 5.11. The minimum atomic E-state index is -0.452. The summed E-state index contributed by atoms with van der Waals surface area (Å²) >= 11 is 0. The lowest BCUT2D eigenvalue weighted by molar-refractivity contribution is -0.138. The molecule has 7 nitrogen and oxygen atoms in total. The van der Waals surface area contributed by atoms with E-state index in [1.807, 2.05) is 56.0 Å². The molecule has 1 fully saturated rings. The van der Waals surface area contributed by atoms with Crippen molar-refractivity contribution in [2.75, 3.05) is 13.1 Å². The van der Waals surface area contributed by atoms with Gasteiger partial charge in [-0.05, 0) is 36.8 Å². The number of aromatic nitrogens is 4. The van der Waals surface area contributed by atoms with E-state index in [2.05, 4.69) is 15.4 Å². The van der Waals surface area contributed by atoms with Crippen molar-refractivity contribution in [1.82, 2.24) is 25.1 Å². The van der Waals surface area contributed by atoms with Gasteiger partial charge in [0.15, 0.2) is 6.04 Å². The van der Waals surface area contributed by atoms with Crippen LogP contribution < -0.4 is 5.73 Å². The first kappa shape index (κ1) is 18.5. The van der Waals surface area contributed by atoms with Gasteiger partial charge in [-0.25, -0.2) is 0 Å². The maximum absolute atomic E-state index is 13.2. The highest BCUT2D eigenvalue weighted by Gasteiger charge is 2.34. The second-order valence-electron chi connectivity index (χ2n) is 7.53. The molecule has 2 aromatic rings. The van der Waals surface area contributed by atoms with E-state index in [0.29, 0.717) is 18.3 Å². The molecule has 3 unspecified atom stereocenters. The third-order valence-corrected chi connectivity index (χ3v) is 5.11. The number of carbonyl (C=O) groups is 1. The molecule has 0 radical (unpaired) electrons. The maximum Gasteiger partial charge on any atom is 0.249 e. The smallest absolute Gasteiger partial charge is 0.249 e. The van der Waals surface area contributed by atoms with Gasteiger partial charge in [-0.1, -0.05) is 44.2 Å². The van der Waals surface area contributed by atoms with Crippen molar-refractivity contribution >= 4 is 5.91 Å². The fourth-order valence-electron chi connectivity index (χ4n) is 3.52. The van der Waals surface area contributed by atoms with E-state index in [4.69, 9.17) is 5.73 Å². The molecule has 2 heterocycles. The Hall–Kier alpha value is -2.28. The predicted molar refractivity (Wildman–Crippen MR) is 100 cm³/mol. The monoisotopic (exact) mass is 356 g/mol. The van der Waals surface area contributed by atoms with E-state index in [1.165, 1.54) is 4.80 Å². The van der Waals surface area contributed by atoms with Crippen molar-refractivity contribution in [3.8, 4) is 11.4 Å². The van der Waals surface area contributed by atoms with Gasteiger partial charge in [0, 0.05) is 24.7 Å². The number of carbonyl (C=O) groups excluding carboxylic acids is 1. The summed E-state index contributed by atoms with van der Waals surface area (Å²) in [5.74, 6) is 1.01. The van der Waals surface area contributed by atoms with Gasteiger partial charge in [0.1, 0.15) is 0 Å². The Labute approximate surface area is 154 Å². The summed E-state index contributed by atoms with van der Waals surface area (Å²) in [4.78, 5) is 16.6. The van der Waals surface area contributed by atoms with Crippen LogP contribution in [-0.2, 0) is 4.79 Å². The van der Waals surface area contributed by atoms with Gasteiger partial charge in [-0.2, -0.15) is 4.80 Å². The zero-order chi connectivity index (χ0) is 18.7. The molecule has 2 N–H and O–H groups in total. The van der Waals surface area contributed by atoms with E-state index < -0.39 is 6.04 Å². The highest BCUT2D eigenvalue weighted by Crippen LogP contribution is 2.25. The summed E-state index contributed by atoms with van der Waals surface area (Å²) in [6.45, 7) is 7.53. The van der Waals surface area contributed by atoms with Crippen molar-refractivity contribution in [2.24, 2.45) is 17.6 Å². The predicted octanol–water partition coefficient (Wildman–Crippen LogP) is 2.12. The van der Waals surface area contributed by atoms with Crippen LogP contribution >= 0.6 is 0 Å². The third kappa shape index (κ3) is 3.93. The molecule has 0 saturated carbocycles. The second kappa shape index (κ2) is 7.95.